The first-order valence-electron chi connectivity index (χ1n) is 7.83. The third-order valence-electron chi connectivity index (χ3n) is 3.18. The fourth-order valence-corrected chi connectivity index (χ4v) is 2.13. The monoisotopic (exact) mass is 343 g/mol. The van der Waals surface area contributed by atoms with E-state index in [0.717, 1.165) is 4.68 Å². The highest BCUT2D eigenvalue weighted by Gasteiger charge is 2.27. The minimum Gasteiger partial charge on any atom is -0.477 e. The van der Waals surface area contributed by atoms with E-state index >= 15 is 0 Å². The van der Waals surface area contributed by atoms with Gasteiger partial charge in [0.25, 0.3) is 5.88 Å². The van der Waals surface area contributed by atoms with E-state index in [4.69, 9.17) is 20.8 Å². The summed E-state index contributed by atoms with van der Waals surface area (Å²) < 4.78 is 17.7. The highest BCUT2D eigenvalue weighted by atomic mass is 16.6. The lowest BCUT2D eigenvalue weighted by Gasteiger charge is -2.19. The molecule has 0 fully saturated rings. The Morgan fingerprint density at radius 3 is 2.40 bits per heavy atom. The topological polar surface area (TPSA) is 66.9 Å². The standard InChI is InChI=1S/C18H21N3O4/c1-7-14-15(24-13-10-8-12(19-5)9-11-13)16(23-6)20-21(14)17(22)25-18(2,3)4/h8-11H,7H2,1-4,6H3. The van der Waals surface area contributed by atoms with Gasteiger partial charge >= 0.3 is 6.09 Å². The molecule has 0 aliphatic carbocycles. The SMILES string of the molecule is [C-]#[N+]c1ccc(Oc2c(OC)nn(C(=O)OC(C)(C)C)c2CC)cc1. The number of benzene rings is 1. The minimum atomic E-state index is -0.641. The van der Waals surface area contributed by atoms with Crippen LogP contribution in [0.15, 0.2) is 24.3 Å². The van der Waals surface area contributed by atoms with Crippen LogP contribution in [0, 0.1) is 6.57 Å². The van der Waals surface area contributed by atoms with E-state index in [0.29, 0.717) is 29.3 Å². The predicted octanol–water partition coefficient (Wildman–Crippen LogP) is 4.58. The molecule has 2 aromatic rings. The van der Waals surface area contributed by atoms with Gasteiger partial charge in [-0.3, -0.25) is 0 Å². The normalized spacial score (nSPS) is 10.9. The quantitative estimate of drug-likeness (QED) is 0.760. The Morgan fingerprint density at radius 1 is 1.28 bits per heavy atom. The molecule has 25 heavy (non-hydrogen) atoms. The van der Waals surface area contributed by atoms with Gasteiger partial charge in [-0.1, -0.05) is 19.1 Å². The van der Waals surface area contributed by atoms with Crippen molar-refractivity contribution in [2.24, 2.45) is 0 Å². The molecule has 0 saturated heterocycles. The summed E-state index contributed by atoms with van der Waals surface area (Å²) in [6.07, 6.45) is -0.105. The molecular formula is C18H21N3O4. The Hall–Kier alpha value is -3.01. The number of carbonyl (C=O) groups is 1. The van der Waals surface area contributed by atoms with Gasteiger partial charge in [-0.05, 0) is 39.3 Å². The molecule has 0 aliphatic rings. The fraction of sp³-hybridized carbons (Fsp3) is 0.389. The summed E-state index contributed by atoms with van der Waals surface area (Å²) in [5.74, 6) is 1.06. The molecule has 0 saturated carbocycles. The Kier molecular flexibility index (Phi) is 5.32. The van der Waals surface area contributed by atoms with Gasteiger partial charge in [0.2, 0.25) is 5.75 Å². The Balaban J connectivity index is 2.39. The van der Waals surface area contributed by atoms with Crippen LogP contribution in [-0.2, 0) is 11.2 Å². The largest absolute Gasteiger partial charge is 0.477 e. The molecular weight excluding hydrogens is 322 g/mol. The van der Waals surface area contributed by atoms with Crippen LogP contribution in [0.3, 0.4) is 0 Å². The van der Waals surface area contributed by atoms with Gasteiger partial charge in [-0.15, -0.1) is 5.10 Å². The molecule has 7 heteroatoms. The highest BCUT2D eigenvalue weighted by molar-refractivity contribution is 5.72. The number of carbonyl (C=O) groups excluding carboxylic acids is 1. The highest BCUT2D eigenvalue weighted by Crippen LogP contribution is 2.35. The van der Waals surface area contributed by atoms with Gasteiger partial charge in [0.15, 0.2) is 5.69 Å². The van der Waals surface area contributed by atoms with Crippen LogP contribution in [0.1, 0.15) is 33.4 Å². The van der Waals surface area contributed by atoms with Crippen molar-refractivity contribution in [3.8, 4) is 17.4 Å². The van der Waals surface area contributed by atoms with Crippen LogP contribution in [0.2, 0.25) is 0 Å². The van der Waals surface area contributed by atoms with Crippen LogP contribution in [0.4, 0.5) is 10.5 Å². The Labute approximate surface area is 146 Å². The second-order valence-electron chi connectivity index (χ2n) is 6.24. The van der Waals surface area contributed by atoms with Crippen molar-refractivity contribution in [1.82, 2.24) is 9.78 Å². The molecule has 0 radical (unpaired) electrons. The number of hydrogen-bond donors (Lipinski definition) is 0. The third kappa shape index (κ3) is 4.29. The average Bonchev–Trinajstić information content (AvgIpc) is 2.91. The van der Waals surface area contributed by atoms with Crippen molar-refractivity contribution in [1.29, 1.82) is 0 Å². The first kappa shape index (κ1) is 18.3. The molecule has 1 heterocycles. The predicted molar refractivity (Wildman–Crippen MR) is 92.6 cm³/mol. The number of methoxy groups -OCH3 is 1. The maximum absolute atomic E-state index is 12.4. The van der Waals surface area contributed by atoms with Crippen molar-refractivity contribution in [3.05, 3.63) is 41.4 Å². The number of hydrogen-bond acceptors (Lipinski definition) is 5. The minimum absolute atomic E-state index is 0.192. The van der Waals surface area contributed by atoms with E-state index in [-0.39, 0.29) is 5.88 Å². The Morgan fingerprint density at radius 2 is 1.92 bits per heavy atom. The fourth-order valence-electron chi connectivity index (χ4n) is 2.13. The number of ether oxygens (including phenoxy) is 3. The molecule has 1 aromatic carbocycles. The average molecular weight is 343 g/mol. The molecule has 0 bridgehead atoms. The molecule has 0 spiro atoms. The lowest BCUT2D eigenvalue weighted by molar-refractivity contribution is 0.0507. The van der Waals surface area contributed by atoms with E-state index in [1.807, 2.05) is 6.92 Å². The number of aromatic nitrogens is 2. The molecule has 0 N–H and O–H groups in total. The summed E-state index contributed by atoms with van der Waals surface area (Å²) in [4.78, 5) is 15.7. The molecule has 2 rings (SSSR count). The summed E-state index contributed by atoms with van der Waals surface area (Å²) in [5.41, 5.74) is 0.414. The van der Waals surface area contributed by atoms with Crippen LogP contribution >= 0.6 is 0 Å². The smallest absolute Gasteiger partial charge is 0.435 e. The lowest BCUT2D eigenvalue weighted by Crippen LogP contribution is -2.28. The zero-order chi connectivity index (χ0) is 18.6. The zero-order valence-corrected chi connectivity index (χ0v) is 15.0. The maximum atomic E-state index is 12.4. The summed E-state index contributed by atoms with van der Waals surface area (Å²) in [7, 11) is 1.45. The van der Waals surface area contributed by atoms with Crippen LogP contribution < -0.4 is 9.47 Å². The van der Waals surface area contributed by atoms with E-state index in [2.05, 4.69) is 9.94 Å². The van der Waals surface area contributed by atoms with Gasteiger partial charge < -0.3 is 14.2 Å². The van der Waals surface area contributed by atoms with E-state index < -0.39 is 11.7 Å². The summed E-state index contributed by atoms with van der Waals surface area (Å²) in [5, 5.41) is 4.16. The van der Waals surface area contributed by atoms with Crippen molar-refractivity contribution < 1.29 is 19.0 Å². The van der Waals surface area contributed by atoms with Crippen LogP contribution in [-0.4, -0.2) is 28.6 Å². The van der Waals surface area contributed by atoms with E-state index in [1.54, 1.807) is 45.0 Å². The second kappa shape index (κ2) is 7.26. The summed E-state index contributed by atoms with van der Waals surface area (Å²) in [6, 6.07) is 6.66. The molecule has 0 atom stereocenters. The van der Waals surface area contributed by atoms with Crippen molar-refractivity contribution in [2.45, 2.75) is 39.7 Å². The van der Waals surface area contributed by atoms with Crippen molar-refractivity contribution in [3.63, 3.8) is 0 Å². The Bertz CT molecular complexity index is 795. The van der Waals surface area contributed by atoms with E-state index in [1.165, 1.54) is 7.11 Å². The first-order chi connectivity index (χ1) is 11.8. The molecule has 1 aromatic heterocycles. The molecule has 7 nitrogen and oxygen atoms in total. The van der Waals surface area contributed by atoms with Crippen LogP contribution in [0.25, 0.3) is 4.85 Å². The van der Waals surface area contributed by atoms with Gasteiger partial charge in [0, 0.05) is 0 Å². The maximum Gasteiger partial charge on any atom is 0.435 e. The van der Waals surface area contributed by atoms with Gasteiger partial charge in [-0.2, -0.15) is 4.68 Å². The number of rotatable bonds is 4. The third-order valence-corrected chi connectivity index (χ3v) is 3.18. The van der Waals surface area contributed by atoms with Crippen molar-refractivity contribution in [2.75, 3.05) is 7.11 Å². The van der Waals surface area contributed by atoms with E-state index in [9.17, 15) is 4.79 Å². The summed E-state index contributed by atoms with van der Waals surface area (Å²) >= 11 is 0. The zero-order valence-electron chi connectivity index (χ0n) is 15.0. The summed E-state index contributed by atoms with van der Waals surface area (Å²) in [6.45, 7) is 14.2. The van der Waals surface area contributed by atoms with Gasteiger partial charge in [0.1, 0.15) is 11.4 Å². The van der Waals surface area contributed by atoms with Crippen LogP contribution in [0.5, 0.6) is 17.4 Å². The number of nitrogens with zero attached hydrogens (tertiary/aromatic N) is 3. The molecule has 132 valence electrons. The molecule has 0 aliphatic heterocycles. The lowest BCUT2D eigenvalue weighted by atomic mass is 10.2. The second-order valence-corrected chi connectivity index (χ2v) is 6.24. The van der Waals surface area contributed by atoms with Gasteiger partial charge in [0.05, 0.1) is 19.4 Å². The van der Waals surface area contributed by atoms with Crippen molar-refractivity contribution >= 4 is 11.8 Å². The molecule has 0 unspecified atom stereocenters. The molecule has 0 amide bonds. The first-order valence-corrected chi connectivity index (χ1v) is 7.83. The van der Waals surface area contributed by atoms with Gasteiger partial charge in [-0.25, -0.2) is 9.64 Å².